The van der Waals surface area contributed by atoms with Crippen molar-refractivity contribution in [3.63, 3.8) is 0 Å². The van der Waals surface area contributed by atoms with Crippen molar-refractivity contribution in [2.45, 2.75) is 38.6 Å². The number of amides is 1. The quantitative estimate of drug-likeness (QED) is 0.801. The zero-order valence-electron chi connectivity index (χ0n) is 11.6. The lowest BCUT2D eigenvalue weighted by Crippen LogP contribution is -2.45. The predicted octanol–water partition coefficient (Wildman–Crippen LogP) is 2.30. The average molecular weight is 263 g/mol. The van der Waals surface area contributed by atoms with Gasteiger partial charge in [0.05, 0.1) is 12.1 Å². The highest BCUT2D eigenvalue weighted by Gasteiger charge is 2.36. The minimum absolute atomic E-state index is 0.100. The molecular weight excluding hydrogens is 242 g/mol. The normalized spacial score (nSPS) is 22.7. The van der Waals surface area contributed by atoms with Crippen molar-refractivity contribution in [2.75, 3.05) is 6.61 Å². The minimum Gasteiger partial charge on any atom is -0.461 e. The molecule has 2 atom stereocenters. The third-order valence-electron chi connectivity index (χ3n) is 3.38. The molecule has 0 bridgehead atoms. The van der Waals surface area contributed by atoms with Crippen LogP contribution in [0.5, 0.6) is 0 Å². The number of hydrogen-bond acceptors (Lipinski definition) is 3. The van der Waals surface area contributed by atoms with E-state index in [2.05, 4.69) is 12.2 Å². The summed E-state index contributed by atoms with van der Waals surface area (Å²) < 4.78 is 5.67. The Bertz CT molecular complexity index is 487. The predicted molar refractivity (Wildman–Crippen MR) is 73.6 cm³/mol. The van der Waals surface area contributed by atoms with Crippen molar-refractivity contribution in [3.05, 3.63) is 29.7 Å². The lowest BCUT2D eigenvalue weighted by molar-refractivity contribution is -0.118. The van der Waals surface area contributed by atoms with Gasteiger partial charge >= 0.3 is 0 Å². The van der Waals surface area contributed by atoms with E-state index in [1.165, 1.54) is 12.5 Å². The van der Waals surface area contributed by atoms with Gasteiger partial charge in [0.25, 0.3) is 0 Å². The van der Waals surface area contributed by atoms with Crippen molar-refractivity contribution >= 4 is 12.0 Å². The highest BCUT2D eigenvalue weighted by molar-refractivity contribution is 5.91. The maximum absolute atomic E-state index is 11.6. The first-order chi connectivity index (χ1) is 8.91. The second-order valence-corrected chi connectivity index (χ2v) is 5.92. The van der Waals surface area contributed by atoms with E-state index in [-0.39, 0.29) is 12.5 Å². The second-order valence-electron chi connectivity index (χ2n) is 5.92. The van der Waals surface area contributed by atoms with Gasteiger partial charge in [-0.1, -0.05) is 6.92 Å². The number of rotatable bonds is 5. The van der Waals surface area contributed by atoms with Crippen LogP contribution in [0.2, 0.25) is 0 Å². The first-order valence-electron chi connectivity index (χ1n) is 6.62. The van der Waals surface area contributed by atoms with E-state index in [0.717, 1.165) is 5.76 Å². The van der Waals surface area contributed by atoms with E-state index in [0.29, 0.717) is 17.6 Å². The number of aliphatic hydroxyl groups excluding tert-OH is 1. The number of hydrogen-bond donors (Lipinski definition) is 2. The summed E-state index contributed by atoms with van der Waals surface area (Å²) in [6.45, 7) is 5.63. The molecule has 104 valence electrons. The molecule has 1 amide bonds. The fourth-order valence-corrected chi connectivity index (χ4v) is 1.95. The van der Waals surface area contributed by atoms with Crippen molar-refractivity contribution < 1.29 is 14.3 Å². The van der Waals surface area contributed by atoms with E-state index in [4.69, 9.17) is 9.52 Å². The molecule has 2 N–H and O–H groups in total. The number of carbonyl (C=O) groups is 1. The first kappa shape index (κ1) is 13.9. The van der Waals surface area contributed by atoms with Crippen LogP contribution in [0.25, 0.3) is 6.08 Å². The third kappa shape index (κ3) is 3.70. The minimum atomic E-state index is -0.612. The van der Waals surface area contributed by atoms with Crippen molar-refractivity contribution in [1.29, 1.82) is 0 Å². The Morgan fingerprint density at radius 3 is 2.84 bits per heavy atom. The Balaban J connectivity index is 1.91. The van der Waals surface area contributed by atoms with Crippen molar-refractivity contribution in [2.24, 2.45) is 5.92 Å². The van der Waals surface area contributed by atoms with Gasteiger partial charge in [-0.05, 0) is 44.4 Å². The van der Waals surface area contributed by atoms with Crippen LogP contribution < -0.4 is 5.32 Å². The van der Waals surface area contributed by atoms with Gasteiger partial charge in [-0.3, -0.25) is 4.79 Å². The van der Waals surface area contributed by atoms with E-state index < -0.39 is 5.54 Å². The second kappa shape index (κ2) is 5.21. The largest absolute Gasteiger partial charge is 0.461 e. The topological polar surface area (TPSA) is 62.5 Å². The van der Waals surface area contributed by atoms with Crippen LogP contribution in [0.15, 0.2) is 22.6 Å². The smallest absolute Gasteiger partial charge is 0.244 e. The van der Waals surface area contributed by atoms with Gasteiger partial charge in [0.1, 0.15) is 11.5 Å². The monoisotopic (exact) mass is 263 g/mol. The molecule has 19 heavy (non-hydrogen) atoms. The van der Waals surface area contributed by atoms with E-state index >= 15 is 0 Å². The molecule has 1 saturated carbocycles. The van der Waals surface area contributed by atoms with Crippen LogP contribution in [0.4, 0.5) is 0 Å². The van der Waals surface area contributed by atoms with Crippen molar-refractivity contribution in [3.8, 4) is 0 Å². The Labute approximate surface area is 113 Å². The number of nitrogens with one attached hydrogen (secondary N) is 1. The third-order valence-corrected chi connectivity index (χ3v) is 3.38. The molecule has 2 rings (SSSR count). The fraction of sp³-hybridized carbons (Fsp3) is 0.533. The molecule has 1 aromatic rings. The van der Waals surface area contributed by atoms with Gasteiger partial charge < -0.3 is 14.8 Å². The summed E-state index contributed by atoms with van der Waals surface area (Å²) in [5.41, 5.74) is -0.612. The van der Waals surface area contributed by atoms with Crippen LogP contribution in [0, 0.1) is 5.92 Å². The maximum Gasteiger partial charge on any atom is 0.244 e. The van der Waals surface area contributed by atoms with Crippen molar-refractivity contribution in [1.82, 2.24) is 5.32 Å². The number of furan rings is 1. The van der Waals surface area contributed by atoms with Gasteiger partial charge in [-0.2, -0.15) is 0 Å². The molecule has 2 unspecified atom stereocenters. The molecule has 1 aromatic heterocycles. The standard InChI is InChI=1S/C15H21NO3/c1-10-8-12(10)13-6-4-11(19-13)5-7-14(18)16-15(2,3)9-17/h4-7,10,12,17H,8-9H2,1-3H3,(H,16,18)/b7-5+. The SMILES string of the molecule is CC1CC1c1ccc(/C=C/C(=O)NC(C)(C)CO)o1. The fourth-order valence-electron chi connectivity index (χ4n) is 1.95. The molecule has 4 nitrogen and oxygen atoms in total. The molecule has 1 aliphatic carbocycles. The van der Waals surface area contributed by atoms with Gasteiger partial charge in [-0.15, -0.1) is 0 Å². The molecule has 0 aromatic carbocycles. The van der Waals surface area contributed by atoms with Gasteiger partial charge in [0, 0.05) is 12.0 Å². The molecule has 0 aliphatic heterocycles. The number of aliphatic hydroxyl groups is 1. The Morgan fingerprint density at radius 2 is 2.26 bits per heavy atom. The summed E-state index contributed by atoms with van der Waals surface area (Å²) in [6.07, 6.45) is 4.26. The first-order valence-corrected chi connectivity index (χ1v) is 6.62. The molecule has 1 aliphatic rings. The van der Waals surface area contributed by atoms with Gasteiger partial charge in [0.15, 0.2) is 0 Å². The summed E-state index contributed by atoms with van der Waals surface area (Å²) >= 11 is 0. The summed E-state index contributed by atoms with van der Waals surface area (Å²) in [4.78, 5) is 11.6. The molecule has 4 heteroatoms. The summed E-state index contributed by atoms with van der Waals surface area (Å²) in [5, 5.41) is 11.8. The average Bonchev–Trinajstić information content (AvgIpc) is 2.90. The molecule has 0 spiro atoms. The van der Waals surface area contributed by atoms with Gasteiger partial charge in [-0.25, -0.2) is 0 Å². The molecule has 1 fully saturated rings. The van der Waals surface area contributed by atoms with Crippen LogP contribution in [-0.2, 0) is 4.79 Å². The zero-order chi connectivity index (χ0) is 14.0. The van der Waals surface area contributed by atoms with Gasteiger partial charge in [0.2, 0.25) is 5.91 Å². The summed E-state index contributed by atoms with van der Waals surface area (Å²) in [6, 6.07) is 3.85. The van der Waals surface area contributed by atoms with E-state index in [1.54, 1.807) is 19.9 Å². The van der Waals surface area contributed by atoms with E-state index in [1.807, 2.05) is 12.1 Å². The lowest BCUT2D eigenvalue weighted by atomic mass is 10.1. The van der Waals surface area contributed by atoms with E-state index in [9.17, 15) is 4.79 Å². The van der Waals surface area contributed by atoms with Crippen LogP contribution in [0.3, 0.4) is 0 Å². The van der Waals surface area contributed by atoms with Crippen LogP contribution in [0.1, 0.15) is 44.6 Å². The Kier molecular flexibility index (Phi) is 3.80. The summed E-state index contributed by atoms with van der Waals surface area (Å²) in [7, 11) is 0. The highest BCUT2D eigenvalue weighted by atomic mass is 16.3. The zero-order valence-corrected chi connectivity index (χ0v) is 11.6. The number of carbonyl (C=O) groups excluding carboxylic acids is 1. The van der Waals surface area contributed by atoms with Crippen LogP contribution in [-0.4, -0.2) is 23.2 Å². The molecule has 0 radical (unpaired) electrons. The molecule has 0 saturated heterocycles. The highest BCUT2D eigenvalue weighted by Crippen LogP contribution is 2.47. The maximum atomic E-state index is 11.6. The lowest BCUT2D eigenvalue weighted by Gasteiger charge is -2.22. The summed E-state index contributed by atoms with van der Waals surface area (Å²) in [5.74, 6) is 2.70. The Hall–Kier alpha value is -1.55. The molecule has 1 heterocycles. The Morgan fingerprint density at radius 1 is 1.58 bits per heavy atom. The molecular formula is C15H21NO3. The van der Waals surface area contributed by atoms with Crippen LogP contribution >= 0.6 is 0 Å².